The maximum Gasteiger partial charge on any atom is 0.0813 e. The van der Waals surface area contributed by atoms with Crippen LogP contribution in [0.2, 0.25) is 0 Å². The zero-order chi connectivity index (χ0) is 10.8. The fourth-order valence-corrected chi connectivity index (χ4v) is 1.95. The zero-order valence-corrected chi connectivity index (χ0v) is 10.3. The molecular weight excluding hydrogens is 174 g/mol. The summed E-state index contributed by atoms with van der Waals surface area (Å²) in [7, 11) is 0. The van der Waals surface area contributed by atoms with Crippen LogP contribution in [0, 0.1) is 11.8 Å². The van der Waals surface area contributed by atoms with E-state index >= 15 is 0 Å². The highest BCUT2D eigenvalue weighted by molar-refractivity contribution is 4.79. The van der Waals surface area contributed by atoms with Crippen LogP contribution in [-0.4, -0.2) is 11.6 Å². The molecule has 1 aliphatic carbocycles. The minimum atomic E-state index is -0.0829. The summed E-state index contributed by atoms with van der Waals surface area (Å²) in [6, 6.07) is 0.540. The molecule has 0 heterocycles. The second-order valence-corrected chi connectivity index (χ2v) is 5.83. The first-order valence-electron chi connectivity index (χ1n) is 5.82. The smallest absolute Gasteiger partial charge is 0.0813 e. The van der Waals surface area contributed by atoms with Crippen LogP contribution in [-0.2, 0) is 4.84 Å². The third kappa shape index (κ3) is 3.97. The fourth-order valence-electron chi connectivity index (χ4n) is 1.95. The summed E-state index contributed by atoms with van der Waals surface area (Å²) < 4.78 is 0. The van der Waals surface area contributed by atoms with Gasteiger partial charge >= 0.3 is 0 Å². The number of hydrogen-bond acceptors (Lipinski definition) is 2. The van der Waals surface area contributed by atoms with Gasteiger partial charge in [-0.15, -0.1) is 0 Å². The average Bonchev–Trinajstić information content (AvgIpc) is 2.05. The van der Waals surface area contributed by atoms with E-state index in [1.54, 1.807) is 0 Å². The predicted octanol–water partition coefficient (Wildman–Crippen LogP) is 3.13. The van der Waals surface area contributed by atoms with E-state index in [1.165, 1.54) is 19.3 Å². The van der Waals surface area contributed by atoms with Crippen molar-refractivity contribution in [1.82, 2.24) is 5.48 Å². The number of hydrogen-bond donors (Lipinski definition) is 1. The van der Waals surface area contributed by atoms with Crippen LogP contribution in [0.25, 0.3) is 0 Å². The van der Waals surface area contributed by atoms with Crippen molar-refractivity contribution in [1.29, 1.82) is 0 Å². The first kappa shape index (κ1) is 12.0. The molecule has 3 unspecified atom stereocenters. The lowest BCUT2D eigenvalue weighted by Gasteiger charge is -2.34. The summed E-state index contributed by atoms with van der Waals surface area (Å²) in [5.41, 5.74) is 3.16. The molecule has 84 valence electrons. The Balaban J connectivity index is 2.35. The summed E-state index contributed by atoms with van der Waals surface area (Å²) in [6.07, 6.45) is 3.94. The summed E-state index contributed by atoms with van der Waals surface area (Å²) in [6.45, 7) is 10.9. The molecule has 0 saturated heterocycles. The summed E-state index contributed by atoms with van der Waals surface area (Å²) >= 11 is 0. The highest BCUT2D eigenvalue weighted by Crippen LogP contribution is 2.28. The Morgan fingerprint density at radius 3 is 2.36 bits per heavy atom. The molecule has 3 atom stereocenters. The van der Waals surface area contributed by atoms with E-state index in [-0.39, 0.29) is 5.60 Å². The number of hydroxylamine groups is 1. The Morgan fingerprint density at radius 2 is 1.79 bits per heavy atom. The predicted molar refractivity (Wildman–Crippen MR) is 59.9 cm³/mol. The average molecular weight is 199 g/mol. The summed E-state index contributed by atoms with van der Waals surface area (Å²) in [5.74, 6) is 1.58. The lowest BCUT2D eigenvalue weighted by molar-refractivity contribution is -0.102. The molecular formula is C12H25NO. The van der Waals surface area contributed by atoms with Gasteiger partial charge in [0.25, 0.3) is 0 Å². The third-order valence-corrected chi connectivity index (χ3v) is 2.97. The van der Waals surface area contributed by atoms with Crippen LogP contribution in [0.5, 0.6) is 0 Å². The minimum Gasteiger partial charge on any atom is -0.296 e. The van der Waals surface area contributed by atoms with E-state index in [0.717, 1.165) is 11.8 Å². The summed E-state index contributed by atoms with van der Waals surface area (Å²) in [4.78, 5) is 5.64. The van der Waals surface area contributed by atoms with Crippen molar-refractivity contribution in [3.05, 3.63) is 0 Å². The van der Waals surface area contributed by atoms with E-state index in [1.807, 2.05) is 0 Å². The maximum atomic E-state index is 5.64. The van der Waals surface area contributed by atoms with Crippen molar-refractivity contribution < 1.29 is 4.84 Å². The SMILES string of the molecule is CC1CCC(C)C(NOC(C)(C)C)C1. The molecule has 1 rings (SSSR count). The topological polar surface area (TPSA) is 21.3 Å². The first-order chi connectivity index (χ1) is 6.38. The van der Waals surface area contributed by atoms with Crippen LogP contribution in [0.1, 0.15) is 53.9 Å². The van der Waals surface area contributed by atoms with Gasteiger partial charge in [0.1, 0.15) is 0 Å². The molecule has 1 fully saturated rings. The Labute approximate surface area is 88.4 Å². The zero-order valence-electron chi connectivity index (χ0n) is 10.3. The van der Waals surface area contributed by atoms with Gasteiger partial charge < -0.3 is 0 Å². The highest BCUT2D eigenvalue weighted by atomic mass is 16.7. The van der Waals surface area contributed by atoms with Gasteiger partial charge in [-0.2, -0.15) is 5.48 Å². The van der Waals surface area contributed by atoms with Gasteiger partial charge in [0.15, 0.2) is 0 Å². The van der Waals surface area contributed by atoms with Gasteiger partial charge in [0.05, 0.1) is 5.60 Å². The Kier molecular flexibility index (Phi) is 3.96. The first-order valence-corrected chi connectivity index (χ1v) is 5.82. The van der Waals surface area contributed by atoms with Crippen LogP contribution >= 0.6 is 0 Å². The van der Waals surface area contributed by atoms with Gasteiger partial charge in [0, 0.05) is 6.04 Å². The van der Waals surface area contributed by atoms with Gasteiger partial charge in [-0.05, 0) is 45.4 Å². The molecule has 0 aliphatic heterocycles. The normalized spacial score (nSPS) is 34.5. The van der Waals surface area contributed by atoms with Crippen molar-refractivity contribution in [2.75, 3.05) is 0 Å². The third-order valence-electron chi connectivity index (χ3n) is 2.97. The van der Waals surface area contributed by atoms with Crippen molar-refractivity contribution in [3.63, 3.8) is 0 Å². The molecule has 0 aromatic carbocycles. The molecule has 2 nitrogen and oxygen atoms in total. The molecule has 0 aromatic heterocycles. The fraction of sp³-hybridized carbons (Fsp3) is 1.00. The lowest BCUT2D eigenvalue weighted by Crippen LogP contribution is -2.43. The van der Waals surface area contributed by atoms with Crippen molar-refractivity contribution in [3.8, 4) is 0 Å². The van der Waals surface area contributed by atoms with Crippen LogP contribution in [0.4, 0.5) is 0 Å². The van der Waals surface area contributed by atoms with Gasteiger partial charge in [-0.1, -0.05) is 20.3 Å². The van der Waals surface area contributed by atoms with E-state index in [4.69, 9.17) is 4.84 Å². The van der Waals surface area contributed by atoms with Gasteiger partial charge in [-0.3, -0.25) is 4.84 Å². The van der Waals surface area contributed by atoms with Crippen molar-refractivity contribution >= 4 is 0 Å². The Morgan fingerprint density at radius 1 is 1.14 bits per heavy atom. The monoisotopic (exact) mass is 199 g/mol. The van der Waals surface area contributed by atoms with Gasteiger partial charge in [-0.25, -0.2) is 0 Å². The second kappa shape index (κ2) is 4.63. The van der Waals surface area contributed by atoms with Crippen LogP contribution < -0.4 is 5.48 Å². The second-order valence-electron chi connectivity index (χ2n) is 5.83. The molecule has 2 heteroatoms. The minimum absolute atomic E-state index is 0.0829. The van der Waals surface area contributed by atoms with Gasteiger partial charge in [0.2, 0.25) is 0 Å². The van der Waals surface area contributed by atoms with Crippen LogP contribution in [0.3, 0.4) is 0 Å². The molecule has 0 spiro atoms. The lowest BCUT2D eigenvalue weighted by atomic mass is 9.80. The quantitative estimate of drug-likeness (QED) is 0.690. The Bertz CT molecular complexity index is 174. The molecule has 14 heavy (non-hydrogen) atoms. The number of rotatable bonds is 2. The molecule has 0 bridgehead atoms. The van der Waals surface area contributed by atoms with E-state index < -0.39 is 0 Å². The molecule has 1 aliphatic rings. The number of nitrogens with one attached hydrogen (secondary N) is 1. The van der Waals surface area contributed by atoms with Crippen LogP contribution in [0.15, 0.2) is 0 Å². The summed E-state index contributed by atoms with van der Waals surface area (Å²) in [5, 5.41) is 0. The molecule has 0 aromatic rings. The van der Waals surface area contributed by atoms with E-state index in [9.17, 15) is 0 Å². The highest BCUT2D eigenvalue weighted by Gasteiger charge is 2.26. The van der Waals surface area contributed by atoms with E-state index in [0.29, 0.717) is 6.04 Å². The molecule has 1 N–H and O–H groups in total. The Hall–Kier alpha value is -0.0800. The standard InChI is InChI=1S/C12H25NO/c1-9-6-7-10(2)11(8-9)13-14-12(3,4)5/h9-11,13H,6-8H2,1-5H3. The van der Waals surface area contributed by atoms with Crippen molar-refractivity contribution in [2.45, 2.75) is 65.5 Å². The molecule has 0 radical (unpaired) electrons. The largest absolute Gasteiger partial charge is 0.296 e. The molecule has 0 amide bonds. The van der Waals surface area contributed by atoms with Crippen molar-refractivity contribution in [2.24, 2.45) is 11.8 Å². The molecule has 1 saturated carbocycles. The van der Waals surface area contributed by atoms with E-state index in [2.05, 4.69) is 40.1 Å². The maximum absolute atomic E-state index is 5.64.